The summed E-state index contributed by atoms with van der Waals surface area (Å²) >= 11 is 0. The summed E-state index contributed by atoms with van der Waals surface area (Å²) in [5.41, 5.74) is 3.43. The lowest BCUT2D eigenvalue weighted by atomic mass is 10.0. The van der Waals surface area contributed by atoms with Crippen molar-refractivity contribution in [1.82, 2.24) is 4.98 Å². The number of nitrogens with zero attached hydrogens (tertiary/aromatic N) is 2. The molecular formula is C15H13N3O. The molecule has 1 aromatic carbocycles. The summed E-state index contributed by atoms with van der Waals surface area (Å²) in [6, 6.07) is 11.3. The number of hydrogen-bond acceptors (Lipinski definition) is 3. The molecule has 0 saturated carbocycles. The van der Waals surface area contributed by atoms with Crippen LogP contribution in [0.3, 0.4) is 0 Å². The Bertz CT molecular complexity index is 649. The number of carbonyl (C=O) groups excluding carboxylic acids is 1. The van der Waals surface area contributed by atoms with Crippen molar-refractivity contribution in [2.24, 2.45) is 4.99 Å². The number of aromatic nitrogens is 1. The summed E-state index contributed by atoms with van der Waals surface area (Å²) in [4.78, 5) is 20.5. The zero-order valence-electron chi connectivity index (χ0n) is 10.5. The molecule has 0 spiro atoms. The molecule has 0 radical (unpaired) electrons. The van der Waals surface area contributed by atoms with Crippen LogP contribution in [0.15, 0.2) is 53.8 Å². The van der Waals surface area contributed by atoms with Gasteiger partial charge in [-0.1, -0.05) is 30.3 Å². The number of carbonyl (C=O) groups is 1. The van der Waals surface area contributed by atoms with Crippen molar-refractivity contribution in [2.75, 3.05) is 5.32 Å². The van der Waals surface area contributed by atoms with E-state index < -0.39 is 6.04 Å². The number of nitrogens with one attached hydrogen (secondary N) is 1. The quantitative estimate of drug-likeness (QED) is 0.845. The Labute approximate surface area is 111 Å². The Balaban J connectivity index is 2.21. The lowest BCUT2D eigenvalue weighted by Gasteiger charge is -2.08. The molecule has 0 bridgehead atoms. The van der Waals surface area contributed by atoms with E-state index in [0.29, 0.717) is 5.69 Å². The van der Waals surface area contributed by atoms with E-state index in [0.717, 1.165) is 16.8 Å². The van der Waals surface area contributed by atoms with Crippen LogP contribution >= 0.6 is 0 Å². The minimum absolute atomic E-state index is 0.111. The molecule has 1 atom stereocenters. The van der Waals surface area contributed by atoms with Gasteiger partial charge in [0.05, 0.1) is 17.6 Å². The number of aliphatic imine (C=N–C) groups is 1. The van der Waals surface area contributed by atoms with Gasteiger partial charge in [0.1, 0.15) is 6.04 Å². The van der Waals surface area contributed by atoms with E-state index in [1.807, 2.05) is 36.4 Å². The number of benzene rings is 1. The third-order valence-electron chi connectivity index (χ3n) is 3.08. The van der Waals surface area contributed by atoms with Crippen molar-refractivity contribution in [3.63, 3.8) is 0 Å². The second kappa shape index (κ2) is 4.65. The van der Waals surface area contributed by atoms with Crippen LogP contribution < -0.4 is 5.32 Å². The summed E-state index contributed by atoms with van der Waals surface area (Å²) in [5.74, 6) is -0.111. The molecule has 1 amide bonds. The largest absolute Gasteiger partial charge is 0.322 e. The first kappa shape index (κ1) is 11.6. The lowest BCUT2D eigenvalue weighted by molar-refractivity contribution is -0.116. The Kier molecular flexibility index (Phi) is 2.83. The van der Waals surface area contributed by atoms with Crippen LogP contribution in [0.2, 0.25) is 0 Å². The molecule has 1 aliphatic heterocycles. The van der Waals surface area contributed by atoms with E-state index in [4.69, 9.17) is 0 Å². The number of amides is 1. The molecule has 3 rings (SSSR count). The first-order valence-corrected chi connectivity index (χ1v) is 6.14. The lowest BCUT2D eigenvalue weighted by Crippen LogP contribution is -2.22. The number of pyridine rings is 1. The third kappa shape index (κ3) is 2.12. The minimum Gasteiger partial charge on any atom is -0.322 e. The van der Waals surface area contributed by atoms with E-state index in [1.54, 1.807) is 19.3 Å². The Morgan fingerprint density at radius 2 is 1.95 bits per heavy atom. The van der Waals surface area contributed by atoms with E-state index in [2.05, 4.69) is 15.3 Å². The first-order chi connectivity index (χ1) is 9.25. The van der Waals surface area contributed by atoms with Crippen molar-refractivity contribution < 1.29 is 4.79 Å². The van der Waals surface area contributed by atoms with Gasteiger partial charge in [-0.2, -0.15) is 0 Å². The molecule has 4 nitrogen and oxygen atoms in total. The molecule has 1 unspecified atom stereocenters. The van der Waals surface area contributed by atoms with Crippen LogP contribution in [0, 0.1) is 0 Å². The highest BCUT2D eigenvalue weighted by molar-refractivity contribution is 6.19. The molecule has 1 aliphatic rings. The van der Waals surface area contributed by atoms with E-state index in [-0.39, 0.29) is 5.91 Å². The highest BCUT2D eigenvalue weighted by atomic mass is 16.2. The van der Waals surface area contributed by atoms with Crippen LogP contribution in [0.4, 0.5) is 5.69 Å². The summed E-state index contributed by atoms with van der Waals surface area (Å²) in [7, 11) is 0. The standard InChI is InChI=1S/C15H13N3O/c1-10-15(19)18-13-9-16-8-7-12(13)14(17-10)11-5-3-2-4-6-11/h2-10H,1H3,(H,18,19). The molecule has 0 fully saturated rings. The van der Waals surface area contributed by atoms with E-state index in [1.165, 1.54) is 0 Å². The second-order valence-electron chi connectivity index (χ2n) is 4.43. The van der Waals surface area contributed by atoms with Gasteiger partial charge in [-0.15, -0.1) is 0 Å². The fraction of sp³-hybridized carbons (Fsp3) is 0.133. The van der Waals surface area contributed by atoms with E-state index in [9.17, 15) is 4.79 Å². The van der Waals surface area contributed by atoms with Gasteiger partial charge >= 0.3 is 0 Å². The molecule has 4 heteroatoms. The highest BCUT2D eigenvalue weighted by Gasteiger charge is 2.22. The molecule has 2 aromatic rings. The van der Waals surface area contributed by atoms with Gasteiger partial charge in [0.25, 0.3) is 0 Å². The third-order valence-corrected chi connectivity index (χ3v) is 3.08. The van der Waals surface area contributed by atoms with Crippen LogP contribution in [0.5, 0.6) is 0 Å². The molecule has 0 aliphatic carbocycles. The number of rotatable bonds is 1. The fourth-order valence-electron chi connectivity index (χ4n) is 2.09. The summed E-state index contributed by atoms with van der Waals surface area (Å²) in [6.45, 7) is 1.79. The van der Waals surface area contributed by atoms with Crippen molar-refractivity contribution in [2.45, 2.75) is 13.0 Å². The Morgan fingerprint density at radius 1 is 1.16 bits per heavy atom. The molecule has 2 heterocycles. The average molecular weight is 251 g/mol. The van der Waals surface area contributed by atoms with Crippen molar-refractivity contribution >= 4 is 17.3 Å². The normalized spacial score (nSPS) is 18.1. The summed E-state index contributed by atoms with van der Waals surface area (Å²) in [5, 5.41) is 2.86. The number of hydrogen-bond donors (Lipinski definition) is 1. The molecule has 94 valence electrons. The maximum Gasteiger partial charge on any atom is 0.248 e. The van der Waals surface area contributed by atoms with Crippen LogP contribution in [0.1, 0.15) is 18.1 Å². The summed E-state index contributed by atoms with van der Waals surface area (Å²) in [6.07, 6.45) is 3.36. The molecule has 1 N–H and O–H groups in total. The van der Waals surface area contributed by atoms with Gasteiger partial charge in [-0.05, 0) is 13.0 Å². The fourth-order valence-corrected chi connectivity index (χ4v) is 2.09. The van der Waals surface area contributed by atoms with Crippen LogP contribution in [-0.4, -0.2) is 22.6 Å². The van der Waals surface area contributed by atoms with Gasteiger partial charge in [0.2, 0.25) is 5.91 Å². The Hall–Kier alpha value is -2.49. The van der Waals surface area contributed by atoms with Gasteiger partial charge < -0.3 is 5.32 Å². The zero-order valence-corrected chi connectivity index (χ0v) is 10.5. The predicted molar refractivity (Wildman–Crippen MR) is 74.4 cm³/mol. The zero-order chi connectivity index (χ0) is 13.2. The number of fused-ring (bicyclic) bond motifs is 1. The smallest absolute Gasteiger partial charge is 0.248 e. The molecule has 1 aromatic heterocycles. The average Bonchev–Trinajstić information content (AvgIpc) is 2.58. The maximum absolute atomic E-state index is 11.9. The number of anilines is 1. The van der Waals surface area contributed by atoms with Crippen molar-refractivity contribution in [3.05, 3.63) is 59.9 Å². The van der Waals surface area contributed by atoms with Crippen molar-refractivity contribution in [1.29, 1.82) is 0 Å². The second-order valence-corrected chi connectivity index (χ2v) is 4.43. The first-order valence-electron chi connectivity index (χ1n) is 6.14. The van der Waals surface area contributed by atoms with Gasteiger partial charge in [0, 0.05) is 17.3 Å². The van der Waals surface area contributed by atoms with Gasteiger partial charge in [-0.25, -0.2) is 0 Å². The van der Waals surface area contributed by atoms with E-state index >= 15 is 0 Å². The van der Waals surface area contributed by atoms with Crippen LogP contribution in [-0.2, 0) is 4.79 Å². The topological polar surface area (TPSA) is 54.4 Å². The maximum atomic E-state index is 11.9. The monoisotopic (exact) mass is 251 g/mol. The van der Waals surface area contributed by atoms with Crippen molar-refractivity contribution in [3.8, 4) is 0 Å². The SMILES string of the molecule is CC1N=C(c2ccccc2)c2ccncc2NC1=O. The minimum atomic E-state index is -0.414. The van der Waals surface area contributed by atoms with Crippen LogP contribution in [0.25, 0.3) is 0 Å². The van der Waals surface area contributed by atoms with Gasteiger partial charge in [-0.3, -0.25) is 14.8 Å². The molecule has 19 heavy (non-hydrogen) atoms. The van der Waals surface area contributed by atoms with Gasteiger partial charge in [0.15, 0.2) is 0 Å². The predicted octanol–water partition coefficient (Wildman–Crippen LogP) is 2.26. The highest BCUT2D eigenvalue weighted by Crippen LogP contribution is 2.22. The molecular weight excluding hydrogens is 238 g/mol. The Morgan fingerprint density at radius 3 is 2.74 bits per heavy atom. The summed E-state index contributed by atoms with van der Waals surface area (Å²) < 4.78 is 0. The molecule has 0 saturated heterocycles.